The maximum atomic E-state index is 12.0. The lowest BCUT2D eigenvalue weighted by atomic mass is 10.00. The molecule has 0 saturated heterocycles. The number of carbonyl (C=O) groups excluding carboxylic acids is 1. The number of hydrogen-bond donors (Lipinski definition) is 2. The highest BCUT2D eigenvalue weighted by molar-refractivity contribution is 6.01. The average molecular weight is 425 g/mol. The maximum absolute atomic E-state index is 12.0. The van der Waals surface area contributed by atoms with Crippen LogP contribution in [0.3, 0.4) is 0 Å². The lowest BCUT2D eigenvalue weighted by Gasteiger charge is -2.11. The molecule has 4 rings (SSSR count). The SMILES string of the molecule is C=CC(=O)Oc1c(C(=O)O)c(CCCC)cc2nn(-c3cc4c(cc3O)OCO4)nc12. The standard InChI is InChI=1S/C21H19N3O7/c1-3-5-6-11-7-12-19(20(18(11)21(27)28)31-17(26)4-2)23-24(22-12)13-8-15-16(9-14(13)25)30-10-29-15/h4,7-9,25H,2-3,5-6,10H2,1H3,(H,27,28). The zero-order valence-electron chi connectivity index (χ0n) is 16.6. The van der Waals surface area contributed by atoms with E-state index in [0.29, 0.717) is 29.0 Å². The topological polar surface area (TPSA) is 133 Å². The van der Waals surface area contributed by atoms with Crippen molar-refractivity contribution < 1.29 is 34.0 Å². The Balaban J connectivity index is 1.94. The zero-order valence-corrected chi connectivity index (χ0v) is 16.6. The van der Waals surface area contributed by atoms with Gasteiger partial charge < -0.3 is 24.4 Å². The van der Waals surface area contributed by atoms with E-state index >= 15 is 0 Å². The van der Waals surface area contributed by atoms with E-state index in [1.54, 1.807) is 6.07 Å². The molecule has 3 aromatic rings. The smallest absolute Gasteiger partial charge is 0.339 e. The van der Waals surface area contributed by atoms with E-state index in [1.807, 2.05) is 6.92 Å². The normalized spacial score (nSPS) is 12.2. The van der Waals surface area contributed by atoms with Crippen molar-refractivity contribution in [1.29, 1.82) is 0 Å². The van der Waals surface area contributed by atoms with Gasteiger partial charge in [-0.15, -0.1) is 15.0 Å². The van der Waals surface area contributed by atoms with Crippen LogP contribution in [0.5, 0.6) is 23.0 Å². The molecule has 0 fully saturated rings. The van der Waals surface area contributed by atoms with Crippen molar-refractivity contribution in [2.24, 2.45) is 0 Å². The van der Waals surface area contributed by atoms with E-state index in [0.717, 1.165) is 23.7 Å². The predicted octanol–water partition coefficient (Wildman–Crippen LogP) is 2.99. The fraction of sp³-hybridized carbons (Fsp3) is 0.238. The molecule has 31 heavy (non-hydrogen) atoms. The van der Waals surface area contributed by atoms with E-state index in [2.05, 4.69) is 16.8 Å². The molecule has 0 radical (unpaired) electrons. The number of aromatic carboxylic acids is 1. The summed E-state index contributed by atoms with van der Waals surface area (Å²) < 4.78 is 15.9. The monoisotopic (exact) mass is 425 g/mol. The summed E-state index contributed by atoms with van der Waals surface area (Å²) in [4.78, 5) is 25.1. The summed E-state index contributed by atoms with van der Waals surface area (Å²) in [6, 6.07) is 4.48. The maximum Gasteiger partial charge on any atom is 0.339 e. The summed E-state index contributed by atoms with van der Waals surface area (Å²) in [6.07, 6.45) is 2.97. The first kappa shape index (κ1) is 20.2. The molecule has 0 unspecified atom stereocenters. The fourth-order valence-corrected chi connectivity index (χ4v) is 3.31. The Morgan fingerprint density at radius 1 is 1.26 bits per heavy atom. The molecule has 10 nitrogen and oxygen atoms in total. The van der Waals surface area contributed by atoms with Crippen molar-refractivity contribution in [2.75, 3.05) is 6.79 Å². The minimum atomic E-state index is -1.25. The molecule has 0 amide bonds. The highest BCUT2D eigenvalue weighted by Gasteiger charge is 2.26. The molecule has 160 valence electrons. The van der Waals surface area contributed by atoms with E-state index < -0.39 is 11.9 Å². The van der Waals surface area contributed by atoms with Gasteiger partial charge in [-0.2, -0.15) is 0 Å². The number of carbonyl (C=O) groups is 2. The first-order chi connectivity index (χ1) is 14.9. The number of rotatable bonds is 7. The molecule has 1 aromatic heterocycles. The number of ether oxygens (including phenoxy) is 3. The van der Waals surface area contributed by atoms with Crippen molar-refractivity contribution in [3.05, 3.63) is 42.0 Å². The van der Waals surface area contributed by atoms with Gasteiger partial charge in [0.1, 0.15) is 22.5 Å². The molecule has 0 spiro atoms. The summed E-state index contributed by atoms with van der Waals surface area (Å²) in [6.45, 7) is 5.37. The van der Waals surface area contributed by atoms with Crippen LogP contribution in [0.25, 0.3) is 16.7 Å². The minimum Gasteiger partial charge on any atom is -0.505 e. The Morgan fingerprint density at radius 2 is 2.00 bits per heavy atom. The molecule has 0 atom stereocenters. The molecule has 0 bridgehead atoms. The molecular formula is C21H19N3O7. The summed E-state index contributed by atoms with van der Waals surface area (Å²) in [7, 11) is 0. The Morgan fingerprint density at radius 3 is 2.68 bits per heavy atom. The second-order valence-corrected chi connectivity index (χ2v) is 6.83. The summed E-state index contributed by atoms with van der Waals surface area (Å²) in [5, 5.41) is 28.9. The van der Waals surface area contributed by atoms with E-state index in [4.69, 9.17) is 14.2 Å². The Kier molecular flexibility index (Phi) is 5.20. The van der Waals surface area contributed by atoms with Gasteiger partial charge in [0.25, 0.3) is 0 Å². The van der Waals surface area contributed by atoms with Crippen LogP contribution in [0, 0.1) is 0 Å². The summed E-state index contributed by atoms with van der Waals surface area (Å²) >= 11 is 0. The number of phenols is 1. The van der Waals surface area contributed by atoms with Crippen molar-refractivity contribution in [3.8, 4) is 28.7 Å². The number of nitrogens with zero attached hydrogens (tertiary/aromatic N) is 3. The number of esters is 1. The van der Waals surface area contributed by atoms with Gasteiger partial charge in [0.05, 0.1) is 0 Å². The number of aromatic nitrogens is 3. The number of benzene rings is 2. The van der Waals surface area contributed by atoms with Crippen LogP contribution in [0.15, 0.2) is 30.9 Å². The van der Waals surface area contributed by atoms with E-state index in [9.17, 15) is 19.8 Å². The van der Waals surface area contributed by atoms with Crippen molar-refractivity contribution in [3.63, 3.8) is 0 Å². The van der Waals surface area contributed by atoms with Crippen LogP contribution in [-0.4, -0.2) is 43.9 Å². The molecule has 2 N–H and O–H groups in total. The van der Waals surface area contributed by atoms with Crippen molar-refractivity contribution in [2.45, 2.75) is 26.2 Å². The third-order valence-electron chi connectivity index (χ3n) is 4.78. The van der Waals surface area contributed by atoms with Crippen LogP contribution >= 0.6 is 0 Å². The molecule has 2 heterocycles. The molecule has 2 aromatic carbocycles. The van der Waals surface area contributed by atoms with Gasteiger partial charge in [-0.3, -0.25) is 0 Å². The van der Waals surface area contributed by atoms with Gasteiger partial charge in [-0.05, 0) is 24.5 Å². The lowest BCUT2D eigenvalue weighted by Crippen LogP contribution is -2.11. The quantitative estimate of drug-likeness (QED) is 0.333. The number of carboxylic acids is 1. The number of unbranched alkanes of at least 4 members (excludes halogenated alkanes) is 1. The second kappa shape index (κ2) is 7.98. The van der Waals surface area contributed by atoms with Gasteiger partial charge in [0, 0.05) is 18.2 Å². The van der Waals surface area contributed by atoms with Crippen LogP contribution < -0.4 is 14.2 Å². The number of hydrogen-bond acceptors (Lipinski definition) is 8. The summed E-state index contributed by atoms with van der Waals surface area (Å²) in [5.74, 6) is -1.67. The van der Waals surface area contributed by atoms with Gasteiger partial charge >= 0.3 is 11.9 Å². The van der Waals surface area contributed by atoms with Crippen molar-refractivity contribution in [1.82, 2.24) is 15.0 Å². The van der Waals surface area contributed by atoms with Gasteiger partial charge in [0.15, 0.2) is 22.8 Å². The second-order valence-electron chi connectivity index (χ2n) is 6.83. The van der Waals surface area contributed by atoms with Crippen LogP contribution in [0.2, 0.25) is 0 Å². The predicted molar refractivity (Wildman–Crippen MR) is 108 cm³/mol. The first-order valence-electron chi connectivity index (χ1n) is 9.56. The number of fused-ring (bicyclic) bond motifs is 2. The highest BCUT2D eigenvalue weighted by atomic mass is 16.7. The Hall–Kier alpha value is -4.08. The fourth-order valence-electron chi connectivity index (χ4n) is 3.31. The third kappa shape index (κ3) is 3.63. The minimum absolute atomic E-state index is 0.0250. The number of carboxylic acid groups (broad SMARTS) is 1. The average Bonchev–Trinajstić information content (AvgIpc) is 3.37. The molecule has 1 aliphatic rings. The molecule has 0 aliphatic carbocycles. The highest BCUT2D eigenvalue weighted by Crippen LogP contribution is 2.40. The number of aromatic hydroxyl groups is 1. The number of phenolic OH excluding ortho intramolecular Hbond substituents is 1. The third-order valence-corrected chi connectivity index (χ3v) is 4.78. The van der Waals surface area contributed by atoms with Crippen LogP contribution in [-0.2, 0) is 11.2 Å². The Bertz CT molecular complexity index is 1220. The largest absolute Gasteiger partial charge is 0.505 e. The molecular weight excluding hydrogens is 406 g/mol. The van der Waals surface area contributed by atoms with Gasteiger partial charge in [-0.25, -0.2) is 9.59 Å². The molecule has 0 saturated carbocycles. The zero-order chi connectivity index (χ0) is 22.1. The van der Waals surface area contributed by atoms with Crippen LogP contribution in [0.1, 0.15) is 35.7 Å². The Labute approximate surface area is 176 Å². The van der Waals surface area contributed by atoms with E-state index in [1.165, 1.54) is 12.1 Å². The lowest BCUT2D eigenvalue weighted by molar-refractivity contribution is -0.128. The summed E-state index contributed by atoms with van der Waals surface area (Å²) in [5.41, 5.74) is 0.868. The molecule has 1 aliphatic heterocycles. The van der Waals surface area contributed by atoms with Gasteiger partial charge in [0.2, 0.25) is 6.79 Å². The van der Waals surface area contributed by atoms with Crippen molar-refractivity contribution >= 4 is 23.0 Å². The molecule has 10 heteroatoms. The van der Waals surface area contributed by atoms with Gasteiger partial charge in [-0.1, -0.05) is 19.9 Å². The van der Waals surface area contributed by atoms with Crippen LogP contribution in [0.4, 0.5) is 0 Å². The first-order valence-corrected chi connectivity index (χ1v) is 9.56. The van der Waals surface area contributed by atoms with E-state index in [-0.39, 0.29) is 35.1 Å². The number of aryl methyl sites for hydroxylation is 1.